The van der Waals surface area contributed by atoms with Crippen LogP contribution in [0.5, 0.6) is 5.75 Å². The number of methoxy groups -OCH3 is 1. The lowest BCUT2D eigenvalue weighted by molar-refractivity contribution is 0.0423. The van der Waals surface area contributed by atoms with Crippen molar-refractivity contribution in [2.24, 2.45) is 5.92 Å². The van der Waals surface area contributed by atoms with Gasteiger partial charge in [-0.15, -0.1) is 0 Å². The Bertz CT molecular complexity index is 397. The predicted octanol–water partition coefficient (Wildman–Crippen LogP) is 4.85. The third-order valence-electron chi connectivity index (χ3n) is 3.69. The largest absolute Gasteiger partial charge is 0.497 e. The second kappa shape index (κ2) is 10.3. The quantitative estimate of drug-likeness (QED) is 0.457. The molecule has 0 aliphatic heterocycles. The molecule has 1 rings (SSSR count). The first-order valence-electron chi connectivity index (χ1n) is 8.02. The summed E-state index contributed by atoms with van der Waals surface area (Å²) in [6.07, 6.45) is 7.12. The number of rotatable bonds is 10. The van der Waals surface area contributed by atoms with Crippen molar-refractivity contribution in [2.75, 3.05) is 13.7 Å². The Labute approximate surface area is 128 Å². The number of ether oxygens (including phenoxy) is 2. The molecule has 0 aliphatic carbocycles. The van der Waals surface area contributed by atoms with Crippen LogP contribution in [-0.4, -0.2) is 19.7 Å². The molecule has 21 heavy (non-hydrogen) atoms. The first-order chi connectivity index (χ1) is 10.2. The van der Waals surface area contributed by atoms with E-state index >= 15 is 0 Å². The zero-order valence-corrected chi connectivity index (χ0v) is 13.6. The molecule has 0 saturated heterocycles. The number of unbranched alkanes of at least 4 members (excludes halogenated alkanes) is 2. The van der Waals surface area contributed by atoms with Crippen LogP contribution in [0.25, 0.3) is 0 Å². The molecule has 0 fully saturated rings. The molecule has 0 amide bonds. The molecular weight excluding hydrogens is 264 g/mol. The van der Waals surface area contributed by atoms with Crippen LogP contribution in [0.15, 0.2) is 24.3 Å². The van der Waals surface area contributed by atoms with E-state index in [1.54, 1.807) is 31.4 Å². The normalized spacial score (nSPS) is 12.0. The van der Waals surface area contributed by atoms with Crippen LogP contribution in [-0.2, 0) is 4.74 Å². The second-order valence-corrected chi connectivity index (χ2v) is 5.48. The van der Waals surface area contributed by atoms with Gasteiger partial charge in [0.2, 0.25) is 0 Å². The van der Waals surface area contributed by atoms with E-state index in [0.29, 0.717) is 18.1 Å². The summed E-state index contributed by atoms with van der Waals surface area (Å²) >= 11 is 0. The van der Waals surface area contributed by atoms with Crippen molar-refractivity contribution >= 4 is 5.97 Å². The van der Waals surface area contributed by atoms with Gasteiger partial charge in [0.1, 0.15) is 5.75 Å². The third kappa shape index (κ3) is 6.65. The Morgan fingerprint density at radius 3 is 2.33 bits per heavy atom. The van der Waals surface area contributed by atoms with Crippen LogP contribution >= 0.6 is 0 Å². The summed E-state index contributed by atoms with van der Waals surface area (Å²) in [5.74, 6) is 0.993. The fraction of sp³-hybridized carbons (Fsp3) is 0.611. The highest BCUT2D eigenvalue weighted by molar-refractivity contribution is 5.89. The van der Waals surface area contributed by atoms with Crippen LogP contribution in [0.4, 0.5) is 0 Å². The zero-order valence-electron chi connectivity index (χ0n) is 13.6. The highest BCUT2D eigenvalue weighted by Gasteiger charge is 2.12. The molecule has 118 valence electrons. The Hall–Kier alpha value is -1.51. The highest BCUT2D eigenvalue weighted by Crippen LogP contribution is 2.17. The molecule has 0 spiro atoms. The molecule has 0 radical (unpaired) electrons. The molecular formula is C18H28O3. The number of benzene rings is 1. The molecule has 0 bridgehead atoms. The van der Waals surface area contributed by atoms with E-state index in [2.05, 4.69) is 13.8 Å². The average Bonchev–Trinajstić information content (AvgIpc) is 2.52. The fourth-order valence-electron chi connectivity index (χ4n) is 2.41. The van der Waals surface area contributed by atoms with Crippen LogP contribution < -0.4 is 4.74 Å². The van der Waals surface area contributed by atoms with Crippen LogP contribution in [0.1, 0.15) is 62.7 Å². The van der Waals surface area contributed by atoms with E-state index < -0.39 is 0 Å². The lowest BCUT2D eigenvalue weighted by atomic mass is 9.97. The van der Waals surface area contributed by atoms with Crippen LogP contribution in [0.2, 0.25) is 0 Å². The lowest BCUT2D eigenvalue weighted by Crippen LogP contribution is -2.14. The number of esters is 1. The topological polar surface area (TPSA) is 35.5 Å². The summed E-state index contributed by atoms with van der Waals surface area (Å²) in [6.45, 7) is 4.92. The SMILES string of the molecule is CCCCCC(CCC)COC(=O)c1ccc(OC)cc1. The number of carbonyl (C=O) groups excluding carboxylic acids is 1. The lowest BCUT2D eigenvalue weighted by Gasteiger charge is -2.16. The molecule has 3 heteroatoms. The standard InChI is InChI=1S/C18H28O3/c1-4-6-7-9-15(8-5-2)14-21-18(19)16-10-12-17(20-3)13-11-16/h10-13,15H,4-9,14H2,1-3H3. The van der Waals surface area contributed by atoms with Gasteiger partial charge in [0.25, 0.3) is 0 Å². The fourth-order valence-corrected chi connectivity index (χ4v) is 2.41. The first kappa shape index (κ1) is 17.5. The van der Waals surface area contributed by atoms with Gasteiger partial charge in [0, 0.05) is 0 Å². The summed E-state index contributed by atoms with van der Waals surface area (Å²) in [4.78, 5) is 12.0. The molecule has 0 aromatic heterocycles. The molecule has 3 nitrogen and oxygen atoms in total. The second-order valence-electron chi connectivity index (χ2n) is 5.48. The predicted molar refractivity (Wildman–Crippen MR) is 85.8 cm³/mol. The van der Waals surface area contributed by atoms with E-state index in [1.807, 2.05) is 0 Å². The van der Waals surface area contributed by atoms with E-state index in [9.17, 15) is 4.79 Å². The minimum Gasteiger partial charge on any atom is -0.497 e. The number of hydrogen-bond acceptors (Lipinski definition) is 3. The van der Waals surface area contributed by atoms with Crippen molar-refractivity contribution in [3.05, 3.63) is 29.8 Å². The van der Waals surface area contributed by atoms with Gasteiger partial charge < -0.3 is 9.47 Å². The Balaban J connectivity index is 2.43. The van der Waals surface area contributed by atoms with Gasteiger partial charge in [-0.2, -0.15) is 0 Å². The van der Waals surface area contributed by atoms with E-state index in [0.717, 1.165) is 25.0 Å². The molecule has 1 atom stereocenters. The molecule has 1 unspecified atom stereocenters. The van der Waals surface area contributed by atoms with Crippen molar-refractivity contribution in [2.45, 2.75) is 52.4 Å². The molecule has 1 aromatic carbocycles. The van der Waals surface area contributed by atoms with Gasteiger partial charge >= 0.3 is 5.97 Å². The molecule has 1 aromatic rings. The first-order valence-corrected chi connectivity index (χ1v) is 8.02. The Morgan fingerprint density at radius 1 is 1.05 bits per heavy atom. The summed E-state index contributed by atoms with van der Waals surface area (Å²) in [6, 6.07) is 7.04. The Kier molecular flexibility index (Phi) is 8.56. The Morgan fingerprint density at radius 2 is 1.76 bits per heavy atom. The highest BCUT2D eigenvalue weighted by atomic mass is 16.5. The van der Waals surface area contributed by atoms with Crippen molar-refractivity contribution < 1.29 is 14.3 Å². The van der Waals surface area contributed by atoms with E-state index in [4.69, 9.17) is 9.47 Å². The van der Waals surface area contributed by atoms with Crippen LogP contribution in [0, 0.1) is 5.92 Å². The summed E-state index contributed by atoms with van der Waals surface area (Å²) in [7, 11) is 1.61. The number of carbonyl (C=O) groups is 1. The molecule has 0 aliphatic rings. The smallest absolute Gasteiger partial charge is 0.338 e. The van der Waals surface area contributed by atoms with Gasteiger partial charge in [0.15, 0.2) is 0 Å². The van der Waals surface area contributed by atoms with E-state index in [1.165, 1.54) is 19.3 Å². The van der Waals surface area contributed by atoms with Gasteiger partial charge in [-0.1, -0.05) is 39.5 Å². The number of hydrogen-bond donors (Lipinski definition) is 0. The summed E-state index contributed by atoms with van der Waals surface area (Å²) in [5, 5.41) is 0. The van der Waals surface area contributed by atoms with Crippen molar-refractivity contribution in [1.82, 2.24) is 0 Å². The van der Waals surface area contributed by atoms with Gasteiger partial charge in [-0.3, -0.25) is 0 Å². The maximum atomic E-state index is 12.0. The molecule has 0 N–H and O–H groups in total. The van der Waals surface area contributed by atoms with Gasteiger partial charge in [-0.05, 0) is 43.0 Å². The van der Waals surface area contributed by atoms with Gasteiger partial charge in [0.05, 0.1) is 19.3 Å². The minimum atomic E-state index is -0.241. The minimum absolute atomic E-state index is 0.241. The van der Waals surface area contributed by atoms with Crippen molar-refractivity contribution in [1.29, 1.82) is 0 Å². The molecule has 0 heterocycles. The third-order valence-corrected chi connectivity index (χ3v) is 3.69. The van der Waals surface area contributed by atoms with Crippen LogP contribution in [0.3, 0.4) is 0 Å². The average molecular weight is 292 g/mol. The van der Waals surface area contributed by atoms with Gasteiger partial charge in [-0.25, -0.2) is 4.79 Å². The maximum absolute atomic E-state index is 12.0. The summed E-state index contributed by atoms with van der Waals surface area (Å²) in [5.41, 5.74) is 0.583. The maximum Gasteiger partial charge on any atom is 0.338 e. The van der Waals surface area contributed by atoms with Crippen molar-refractivity contribution in [3.8, 4) is 5.75 Å². The van der Waals surface area contributed by atoms with E-state index in [-0.39, 0.29) is 5.97 Å². The monoisotopic (exact) mass is 292 g/mol. The molecule has 0 saturated carbocycles. The van der Waals surface area contributed by atoms with Crippen molar-refractivity contribution in [3.63, 3.8) is 0 Å². The summed E-state index contributed by atoms with van der Waals surface area (Å²) < 4.78 is 10.5. The zero-order chi connectivity index (χ0) is 15.5.